The Morgan fingerprint density at radius 1 is 1.11 bits per heavy atom. The lowest BCUT2D eigenvalue weighted by Gasteiger charge is -2.44. The van der Waals surface area contributed by atoms with Gasteiger partial charge in [0, 0.05) is 25.4 Å². The molecule has 0 saturated carbocycles. The SMILES string of the molecule is Cc1nc(CN2CCCC23CCCN(Cc2ccccn2)C3=O)cc(=O)[nH]1. The van der Waals surface area contributed by atoms with E-state index >= 15 is 0 Å². The van der Waals surface area contributed by atoms with Gasteiger partial charge >= 0.3 is 0 Å². The summed E-state index contributed by atoms with van der Waals surface area (Å²) in [4.78, 5) is 40.9. The van der Waals surface area contributed by atoms with Gasteiger partial charge in [0.05, 0.1) is 17.9 Å². The van der Waals surface area contributed by atoms with Crippen molar-refractivity contribution < 1.29 is 4.79 Å². The number of likely N-dealkylation sites (tertiary alicyclic amines) is 2. The lowest BCUT2D eigenvalue weighted by molar-refractivity contribution is -0.148. The molecule has 2 aliphatic heterocycles. The third kappa shape index (κ3) is 3.51. The molecule has 1 spiro atoms. The predicted molar refractivity (Wildman–Crippen MR) is 101 cm³/mol. The summed E-state index contributed by atoms with van der Waals surface area (Å²) < 4.78 is 0. The van der Waals surface area contributed by atoms with Gasteiger partial charge in [-0.15, -0.1) is 0 Å². The zero-order chi connectivity index (χ0) is 18.9. The molecule has 4 heterocycles. The molecule has 2 aromatic heterocycles. The highest BCUT2D eigenvalue weighted by Crippen LogP contribution is 2.39. The molecule has 1 atom stereocenters. The van der Waals surface area contributed by atoms with Crippen LogP contribution in [0.15, 0.2) is 35.3 Å². The van der Waals surface area contributed by atoms with E-state index in [4.69, 9.17) is 0 Å². The van der Waals surface area contributed by atoms with Gasteiger partial charge in [-0.05, 0) is 51.3 Å². The van der Waals surface area contributed by atoms with E-state index < -0.39 is 5.54 Å². The molecule has 27 heavy (non-hydrogen) atoms. The first-order chi connectivity index (χ1) is 13.1. The first-order valence-corrected chi connectivity index (χ1v) is 9.58. The minimum atomic E-state index is -0.467. The van der Waals surface area contributed by atoms with Crippen molar-refractivity contribution in [3.63, 3.8) is 0 Å². The fourth-order valence-corrected chi connectivity index (χ4v) is 4.51. The van der Waals surface area contributed by atoms with Crippen LogP contribution in [0.2, 0.25) is 0 Å². The first kappa shape index (κ1) is 17.9. The largest absolute Gasteiger partial charge is 0.335 e. The van der Waals surface area contributed by atoms with E-state index in [1.54, 1.807) is 13.1 Å². The van der Waals surface area contributed by atoms with Gasteiger partial charge in [0.2, 0.25) is 5.91 Å². The second-order valence-electron chi connectivity index (χ2n) is 7.53. The average Bonchev–Trinajstić information content (AvgIpc) is 3.02. The smallest absolute Gasteiger partial charge is 0.251 e. The topological polar surface area (TPSA) is 82.2 Å². The Balaban J connectivity index is 1.56. The van der Waals surface area contributed by atoms with Crippen molar-refractivity contribution in [2.24, 2.45) is 0 Å². The summed E-state index contributed by atoms with van der Waals surface area (Å²) in [6.07, 6.45) is 5.48. The van der Waals surface area contributed by atoms with E-state index in [1.807, 2.05) is 23.1 Å². The molecule has 2 fully saturated rings. The molecule has 7 heteroatoms. The van der Waals surface area contributed by atoms with Gasteiger partial charge in [-0.2, -0.15) is 0 Å². The van der Waals surface area contributed by atoms with Crippen LogP contribution in [0, 0.1) is 6.92 Å². The molecule has 1 N–H and O–H groups in total. The molecule has 4 rings (SSSR count). The van der Waals surface area contributed by atoms with E-state index in [9.17, 15) is 9.59 Å². The molecule has 2 aromatic rings. The van der Waals surface area contributed by atoms with Crippen LogP contribution in [0.5, 0.6) is 0 Å². The number of carbonyl (C=O) groups is 1. The number of amides is 1. The van der Waals surface area contributed by atoms with Crippen molar-refractivity contribution >= 4 is 5.91 Å². The van der Waals surface area contributed by atoms with Crippen LogP contribution < -0.4 is 5.56 Å². The molecular formula is C20H25N5O2. The Morgan fingerprint density at radius 3 is 2.67 bits per heavy atom. The minimum Gasteiger partial charge on any atom is -0.335 e. The van der Waals surface area contributed by atoms with E-state index in [2.05, 4.69) is 19.9 Å². The van der Waals surface area contributed by atoms with Crippen LogP contribution in [0.1, 0.15) is 42.9 Å². The van der Waals surface area contributed by atoms with Crippen molar-refractivity contribution in [1.29, 1.82) is 0 Å². The summed E-state index contributed by atoms with van der Waals surface area (Å²) in [5.74, 6) is 0.802. The maximum Gasteiger partial charge on any atom is 0.251 e. The summed E-state index contributed by atoms with van der Waals surface area (Å²) in [7, 11) is 0. The highest BCUT2D eigenvalue weighted by atomic mass is 16.2. The number of aromatic amines is 1. The van der Waals surface area contributed by atoms with E-state index in [0.717, 1.165) is 50.2 Å². The van der Waals surface area contributed by atoms with E-state index in [1.165, 1.54) is 6.07 Å². The quantitative estimate of drug-likeness (QED) is 0.888. The summed E-state index contributed by atoms with van der Waals surface area (Å²) in [5, 5.41) is 0. The summed E-state index contributed by atoms with van der Waals surface area (Å²) in [6.45, 7) is 4.50. The number of hydrogen-bond acceptors (Lipinski definition) is 5. The third-order valence-corrected chi connectivity index (χ3v) is 5.67. The molecular weight excluding hydrogens is 342 g/mol. The molecule has 0 aliphatic carbocycles. The van der Waals surface area contributed by atoms with Crippen molar-refractivity contribution in [3.05, 3.63) is 58.0 Å². The Morgan fingerprint density at radius 2 is 1.93 bits per heavy atom. The highest BCUT2D eigenvalue weighted by molar-refractivity contribution is 5.87. The number of hydrogen-bond donors (Lipinski definition) is 1. The number of carbonyl (C=O) groups excluding carboxylic acids is 1. The number of H-pyrrole nitrogens is 1. The van der Waals surface area contributed by atoms with Gasteiger partial charge in [0.1, 0.15) is 11.4 Å². The zero-order valence-corrected chi connectivity index (χ0v) is 15.6. The van der Waals surface area contributed by atoms with Crippen molar-refractivity contribution in [2.75, 3.05) is 13.1 Å². The van der Waals surface area contributed by atoms with Gasteiger partial charge in [-0.3, -0.25) is 19.5 Å². The number of pyridine rings is 1. The second-order valence-corrected chi connectivity index (χ2v) is 7.53. The Bertz CT molecular complexity index is 881. The molecule has 2 aliphatic rings. The number of aromatic nitrogens is 3. The van der Waals surface area contributed by atoms with Crippen molar-refractivity contribution in [2.45, 2.75) is 51.2 Å². The van der Waals surface area contributed by atoms with E-state index in [0.29, 0.717) is 18.9 Å². The minimum absolute atomic E-state index is 0.141. The number of nitrogens with zero attached hydrogens (tertiary/aromatic N) is 4. The van der Waals surface area contributed by atoms with Gasteiger partial charge in [-0.25, -0.2) is 4.98 Å². The van der Waals surface area contributed by atoms with Gasteiger partial charge < -0.3 is 9.88 Å². The molecule has 1 unspecified atom stereocenters. The Hall–Kier alpha value is -2.54. The fourth-order valence-electron chi connectivity index (χ4n) is 4.51. The summed E-state index contributed by atoms with van der Waals surface area (Å²) >= 11 is 0. The standard InChI is InChI=1S/C20H25N5O2/c1-15-22-17(12-18(26)23-15)14-25-11-5-8-20(25)7-4-10-24(19(20)27)13-16-6-2-3-9-21-16/h2-3,6,9,12H,4-5,7-8,10-11,13-14H2,1H3,(H,22,23,26). The predicted octanol–water partition coefficient (Wildman–Crippen LogP) is 1.63. The Labute approximate surface area is 158 Å². The number of piperidine rings is 1. The van der Waals surface area contributed by atoms with Crippen LogP contribution in [-0.4, -0.2) is 49.3 Å². The van der Waals surface area contributed by atoms with Gasteiger partial charge in [0.15, 0.2) is 0 Å². The number of rotatable bonds is 4. The maximum atomic E-state index is 13.5. The zero-order valence-electron chi connectivity index (χ0n) is 15.6. The molecule has 2 saturated heterocycles. The highest BCUT2D eigenvalue weighted by Gasteiger charge is 2.50. The summed E-state index contributed by atoms with van der Waals surface area (Å²) in [6, 6.07) is 7.34. The van der Waals surface area contributed by atoms with Crippen LogP contribution in [0.25, 0.3) is 0 Å². The molecule has 7 nitrogen and oxygen atoms in total. The van der Waals surface area contributed by atoms with Gasteiger partial charge in [0.25, 0.3) is 5.56 Å². The van der Waals surface area contributed by atoms with Crippen LogP contribution in [-0.2, 0) is 17.9 Å². The second kappa shape index (κ2) is 7.23. The lowest BCUT2D eigenvalue weighted by Crippen LogP contribution is -2.59. The molecule has 0 bridgehead atoms. The fraction of sp³-hybridized carbons (Fsp3) is 0.500. The van der Waals surface area contributed by atoms with E-state index in [-0.39, 0.29) is 11.5 Å². The van der Waals surface area contributed by atoms with Gasteiger partial charge in [-0.1, -0.05) is 6.07 Å². The Kier molecular flexibility index (Phi) is 4.78. The van der Waals surface area contributed by atoms with Crippen molar-refractivity contribution in [3.8, 4) is 0 Å². The third-order valence-electron chi connectivity index (χ3n) is 5.67. The number of aryl methyl sites for hydroxylation is 1. The monoisotopic (exact) mass is 367 g/mol. The summed E-state index contributed by atoms with van der Waals surface area (Å²) in [5.41, 5.74) is 1.04. The average molecular weight is 367 g/mol. The van der Waals surface area contributed by atoms with Crippen LogP contribution >= 0.6 is 0 Å². The first-order valence-electron chi connectivity index (χ1n) is 9.58. The molecule has 0 radical (unpaired) electrons. The molecule has 142 valence electrons. The van der Waals surface area contributed by atoms with Crippen LogP contribution in [0.4, 0.5) is 0 Å². The molecule has 0 aromatic carbocycles. The number of nitrogens with one attached hydrogen (secondary N) is 1. The maximum absolute atomic E-state index is 13.5. The van der Waals surface area contributed by atoms with Crippen molar-refractivity contribution in [1.82, 2.24) is 24.8 Å². The normalized spacial score (nSPS) is 23.3. The van der Waals surface area contributed by atoms with Crippen LogP contribution in [0.3, 0.4) is 0 Å². The molecule has 1 amide bonds. The lowest BCUT2D eigenvalue weighted by atomic mass is 9.85.